The quantitative estimate of drug-likeness (QED) is 0.831. The zero-order valence-corrected chi connectivity index (χ0v) is 11.3. The lowest BCUT2D eigenvalue weighted by Gasteiger charge is -2.11. The van der Waals surface area contributed by atoms with Crippen molar-refractivity contribution in [2.24, 2.45) is 0 Å². The number of benzene rings is 1. The van der Waals surface area contributed by atoms with Gasteiger partial charge in [0.2, 0.25) is 0 Å². The molecule has 0 aliphatic rings. The van der Waals surface area contributed by atoms with Gasteiger partial charge in [-0.15, -0.1) is 12.4 Å². The molecule has 0 heterocycles. The zero-order valence-electron chi connectivity index (χ0n) is 10.5. The molecule has 1 N–H and O–H groups in total. The number of esters is 1. The number of nitrogens with one attached hydrogen (secondary N) is 1. The van der Waals surface area contributed by atoms with E-state index in [-0.39, 0.29) is 24.9 Å². The van der Waals surface area contributed by atoms with E-state index in [0.717, 1.165) is 11.1 Å². The summed E-state index contributed by atoms with van der Waals surface area (Å²) in [7, 11) is 0. The average molecular weight is 269 g/mol. The molecule has 1 aromatic rings. The minimum Gasteiger partial charge on any atom is -0.465 e. The summed E-state index contributed by atoms with van der Waals surface area (Å²) >= 11 is 0. The van der Waals surface area contributed by atoms with Gasteiger partial charge in [0.25, 0.3) is 0 Å². The molecule has 0 aliphatic heterocycles. The van der Waals surface area contributed by atoms with Crippen LogP contribution in [0.3, 0.4) is 0 Å². The van der Waals surface area contributed by atoms with E-state index in [4.69, 9.17) is 10.00 Å². The smallest absolute Gasteiger partial charge is 0.319 e. The molecule has 1 rings (SSSR count). The van der Waals surface area contributed by atoms with Crippen LogP contribution in [0.2, 0.25) is 0 Å². The van der Waals surface area contributed by atoms with Crippen LogP contribution in [-0.2, 0) is 9.53 Å². The second-order valence-electron chi connectivity index (χ2n) is 3.66. The fraction of sp³-hybridized carbons (Fsp3) is 0.385. The number of aryl methyl sites for hydroxylation is 1. The summed E-state index contributed by atoms with van der Waals surface area (Å²) in [5, 5.41) is 11.9. The van der Waals surface area contributed by atoms with Crippen molar-refractivity contribution in [1.29, 1.82) is 5.26 Å². The van der Waals surface area contributed by atoms with Gasteiger partial charge in [-0.25, -0.2) is 0 Å². The van der Waals surface area contributed by atoms with Crippen molar-refractivity contribution < 1.29 is 9.53 Å². The van der Waals surface area contributed by atoms with Crippen molar-refractivity contribution >= 4 is 18.4 Å². The molecule has 98 valence electrons. The van der Waals surface area contributed by atoms with Crippen molar-refractivity contribution in [3.63, 3.8) is 0 Å². The van der Waals surface area contributed by atoms with Crippen LogP contribution >= 0.6 is 12.4 Å². The third kappa shape index (κ3) is 5.17. The molecular formula is C13H17ClN2O2. The Kier molecular flexibility index (Phi) is 7.77. The molecule has 18 heavy (non-hydrogen) atoms. The molecular weight excluding hydrogens is 252 g/mol. The molecule has 1 unspecified atom stereocenters. The summed E-state index contributed by atoms with van der Waals surface area (Å²) in [6, 6.07) is 9.26. The van der Waals surface area contributed by atoms with Gasteiger partial charge in [0, 0.05) is 0 Å². The van der Waals surface area contributed by atoms with Crippen molar-refractivity contribution in [1.82, 2.24) is 5.32 Å². The predicted octanol–water partition coefficient (Wildman–Crippen LogP) is 2.13. The fourth-order valence-corrected chi connectivity index (χ4v) is 1.39. The van der Waals surface area contributed by atoms with E-state index in [0.29, 0.717) is 6.61 Å². The second-order valence-corrected chi connectivity index (χ2v) is 3.66. The number of halogens is 1. The Morgan fingerprint density at radius 1 is 1.44 bits per heavy atom. The van der Waals surface area contributed by atoms with Gasteiger partial charge in [0.15, 0.2) is 0 Å². The number of ether oxygens (including phenoxy) is 1. The normalized spacial score (nSPS) is 10.9. The predicted molar refractivity (Wildman–Crippen MR) is 71.4 cm³/mol. The molecule has 5 heteroatoms. The van der Waals surface area contributed by atoms with Crippen LogP contribution in [0.25, 0.3) is 0 Å². The SMILES string of the molecule is CCOC(=O)CNC(C#N)c1ccc(C)cc1.Cl. The summed E-state index contributed by atoms with van der Waals surface area (Å²) in [6.07, 6.45) is 0. The maximum absolute atomic E-state index is 11.2. The number of hydrogen-bond donors (Lipinski definition) is 1. The summed E-state index contributed by atoms with van der Waals surface area (Å²) in [5.41, 5.74) is 1.98. The third-order valence-electron chi connectivity index (χ3n) is 2.30. The highest BCUT2D eigenvalue weighted by molar-refractivity contribution is 5.85. The van der Waals surface area contributed by atoms with Crippen molar-refractivity contribution in [2.75, 3.05) is 13.2 Å². The van der Waals surface area contributed by atoms with Crippen LogP contribution in [0.4, 0.5) is 0 Å². The Bertz CT molecular complexity index is 412. The molecule has 0 bridgehead atoms. The van der Waals surface area contributed by atoms with E-state index in [1.165, 1.54) is 0 Å². The van der Waals surface area contributed by atoms with Gasteiger partial charge in [-0.05, 0) is 19.4 Å². The summed E-state index contributed by atoms with van der Waals surface area (Å²) < 4.78 is 4.78. The lowest BCUT2D eigenvalue weighted by molar-refractivity contribution is -0.142. The Morgan fingerprint density at radius 2 is 2.06 bits per heavy atom. The summed E-state index contributed by atoms with van der Waals surface area (Å²) in [4.78, 5) is 11.2. The molecule has 1 atom stereocenters. The van der Waals surface area contributed by atoms with Crippen LogP contribution < -0.4 is 5.32 Å². The highest BCUT2D eigenvalue weighted by atomic mass is 35.5. The first-order chi connectivity index (χ1) is 8.17. The van der Waals surface area contributed by atoms with Gasteiger partial charge in [-0.1, -0.05) is 29.8 Å². The maximum Gasteiger partial charge on any atom is 0.319 e. The largest absolute Gasteiger partial charge is 0.465 e. The number of carbonyl (C=O) groups excluding carboxylic acids is 1. The van der Waals surface area contributed by atoms with Gasteiger partial charge < -0.3 is 4.74 Å². The van der Waals surface area contributed by atoms with Gasteiger partial charge >= 0.3 is 5.97 Å². The standard InChI is InChI=1S/C13H16N2O2.ClH/c1-3-17-13(16)9-15-12(8-14)11-6-4-10(2)5-7-11;/h4-7,12,15H,3,9H2,1-2H3;1H. The van der Waals surface area contributed by atoms with Crippen LogP contribution in [0.1, 0.15) is 24.1 Å². The molecule has 0 amide bonds. The van der Waals surface area contributed by atoms with Gasteiger partial charge in [-0.3, -0.25) is 10.1 Å². The number of rotatable bonds is 5. The summed E-state index contributed by atoms with van der Waals surface area (Å²) in [5.74, 6) is -0.347. The molecule has 0 spiro atoms. The van der Waals surface area contributed by atoms with E-state index < -0.39 is 6.04 Å². The Morgan fingerprint density at radius 3 is 2.56 bits per heavy atom. The Hall–Kier alpha value is -1.57. The van der Waals surface area contributed by atoms with Crippen LogP contribution in [0, 0.1) is 18.3 Å². The van der Waals surface area contributed by atoms with E-state index in [1.54, 1.807) is 6.92 Å². The van der Waals surface area contributed by atoms with Crippen LogP contribution in [-0.4, -0.2) is 19.1 Å². The van der Waals surface area contributed by atoms with E-state index in [2.05, 4.69) is 11.4 Å². The minimum atomic E-state index is -0.486. The van der Waals surface area contributed by atoms with Crippen molar-refractivity contribution in [3.8, 4) is 6.07 Å². The Labute approximate surface area is 113 Å². The van der Waals surface area contributed by atoms with Crippen LogP contribution in [0.5, 0.6) is 0 Å². The topological polar surface area (TPSA) is 62.1 Å². The van der Waals surface area contributed by atoms with Gasteiger partial charge in [-0.2, -0.15) is 5.26 Å². The first-order valence-corrected chi connectivity index (χ1v) is 5.52. The lowest BCUT2D eigenvalue weighted by Crippen LogP contribution is -2.28. The number of carbonyl (C=O) groups is 1. The molecule has 0 fully saturated rings. The summed E-state index contributed by atoms with van der Waals surface area (Å²) in [6.45, 7) is 4.12. The Balaban J connectivity index is 0.00000289. The fourth-order valence-electron chi connectivity index (χ4n) is 1.39. The molecule has 0 radical (unpaired) electrons. The maximum atomic E-state index is 11.2. The first kappa shape index (κ1) is 16.4. The van der Waals surface area contributed by atoms with Crippen LogP contribution in [0.15, 0.2) is 24.3 Å². The minimum absolute atomic E-state index is 0. The van der Waals surface area contributed by atoms with Crippen molar-refractivity contribution in [3.05, 3.63) is 35.4 Å². The molecule has 4 nitrogen and oxygen atoms in total. The highest BCUT2D eigenvalue weighted by Gasteiger charge is 2.11. The zero-order chi connectivity index (χ0) is 12.7. The van der Waals surface area contributed by atoms with Gasteiger partial charge in [0.1, 0.15) is 6.04 Å². The van der Waals surface area contributed by atoms with Gasteiger partial charge in [0.05, 0.1) is 19.2 Å². The second kappa shape index (κ2) is 8.51. The number of hydrogen-bond acceptors (Lipinski definition) is 4. The number of nitriles is 1. The average Bonchev–Trinajstić information content (AvgIpc) is 2.32. The lowest BCUT2D eigenvalue weighted by atomic mass is 10.1. The molecule has 0 aliphatic carbocycles. The van der Waals surface area contributed by atoms with E-state index in [9.17, 15) is 4.79 Å². The molecule has 0 saturated heterocycles. The monoisotopic (exact) mass is 268 g/mol. The van der Waals surface area contributed by atoms with E-state index in [1.807, 2.05) is 31.2 Å². The van der Waals surface area contributed by atoms with E-state index >= 15 is 0 Å². The molecule has 0 saturated carbocycles. The molecule has 0 aromatic heterocycles. The number of nitrogens with zero attached hydrogens (tertiary/aromatic N) is 1. The first-order valence-electron chi connectivity index (χ1n) is 5.52. The van der Waals surface area contributed by atoms with Crippen molar-refractivity contribution in [2.45, 2.75) is 19.9 Å². The molecule has 1 aromatic carbocycles. The third-order valence-corrected chi connectivity index (χ3v) is 2.30. The highest BCUT2D eigenvalue weighted by Crippen LogP contribution is 2.12.